The molecule has 1 rings (SSSR count). The lowest BCUT2D eigenvalue weighted by molar-refractivity contribution is 0.295. The molecule has 0 bridgehead atoms. The lowest BCUT2D eigenvalue weighted by Crippen LogP contribution is -2.03. The normalized spacial score (nSPS) is 11.6. The third-order valence-corrected chi connectivity index (χ3v) is 1.58. The molecule has 0 radical (unpaired) electrons. The summed E-state index contributed by atoms with van der Waals surface area (Å²) in [5.41, 5.74) is 1.35. The molecule has 0 heterocycles. The van der Waals surface area contributed by atoms with Gasteiger partial charge in [-0.05, 0) is 5.56 Å². The van der Waals surface area contributed by atoms with E-state index in [0.717, 1.165) is 5.56 Å². The van der Waals surface area contributed by atoms with Crippen LogP contribution in [-0.4, -0.2) is 22.6 Å². The molecule has 0 aliphatic carbocycles. The van der Waals surface area contributed by atoms with E-state index < -0.39 is 0 Å². The zero-order valence-corrected chi connectivity index (χ0v) is 6.64. The Morgan fingerprint density at radius 2 is 1.92 bits per heavy atom. The molecule has 1 aromatic carbocycles. The minimum absolute atomic E-state index is 0.00567. The Balaban J connectivity index is 2.82. The van der Waals surface area contributed by atoms with Gasteiger partial charge >= 0.3 is 0 Å². The van der Waals surface area contributed by atoms with Crippen LogP contribution in [0.15, 0.2) is 35.5 Å². The fraction of sp³-hybridized carbons (Fsp3) is 0.222. The second-order valence-corrected chi connectivity index (χ2v) is 2.39. The van der Waals surface area contributed by atoms with Crippen molar-refractivity contribution in [1.29, 1.82) is 0 Å². The van der Waals surface area contributed by atoms with E-state index in [0.29, 0.717) is 12.1 Å². The fourth-order valence-electron chi connectivity index (χ4n) is 0.989. The molecule has 2 N–H and O–H groups in total. The van der Waals surface area contributed by atoms with Crippen LogP contribution in [0.4, 0.5) is 0 Å². The first-order valence-electron chi connectivity index (χ1n) is 3.75. The van der Waals surface area contributed by atoms with Gasteiger partial charge in [0.1, 0.15) is 0 Å². The van der Waals surface area contributed by atoms with Crippen molar-refractivity contribution in [2.24, 2.45) is 5.16 Å². The highest BCUT2D eigenvalue weighted by Gasteiger charge is 2.01. The van der Waals surface area contributed by atoms with Crippen molar-refractivity contribution in [3.05, 3.63) is 35.9 Å². The van der Waals surface area contributed by atoms with E-state index in [2.05, 4.69) is 5.16 Å². The number of aliphatic hydroxyl groups is 1. The average Bonchev–Trinajstić information content (AvgIpc) is 2.15. The van der Waals surface area contributed by atoms with Gasteiger partial charge in [0.2, 0.25) is 0 Å². The number of benzene rings is 1. The Kier molecular flexibility index (Phi) is 3.29. The van der Waals surface area contributed by atoms with Crippen molar-refractivity contribution in [1.82, 2.24) is 0 Å². The molecule has 0 fully saturated rings. The van der Waals surface area contributed by atoms with Gasteiger partial charge in [-0.25, -0.2) is 0 Å². The molecule has 0 spiro atoms. The van der Waals surface area contributed by atoms with Gasteiger partial charge in [0.25, 0.3) is 0 Å². The minimum Gasteiger partial charge on any atom is -0.411 e. The van der Waals surface area contributed by atoms with Gasteiger partial charge in [0, 0.05) is 13.0 Å². The summed E-state index contributed by atoms with van der Waals surface area (Å²) in [6.45, 7) is -0.00567. The monoisotopic (exact) mass is 165 g/mol. The zero-order valence-electron chi connectivity index (χ0n) is 6.64. The summed E-state index contributed by atoms with van der Waals surface area (Å²) >= 11 is 0. The molecule has 0 saturated carbocycles. The van der Waals surface area contributed by atoms with Crippen molar-refractivity contribution < 1.29 is 10.3 Å². The highest BCUT2D eigenvalue weighted by Crippen LogP contribution is 2.03. The molecule has 0 aromatic heterocycles. The molecule has 1 aromatic rings. The van der Waals surface area contributed by atoms with Gasteiger partial charge in [-0.1, -0.05) is 35.5 Å². The SMILES string of the molecule is OCC/C(=N\O)c1ccccc1. The number of hydrogen-bond acceptors (Lipinski definition) is 3. The number of hydrogen-bond donors (Lipinski definition) is 2. The van der Waals surface area contributed by atoms with E-state index in [1.54, 1.807) is 0 Å². The lowest BCUT2D eigenvalue weighted by Gasteiger charge is -2.00. The summed E-state index contributed by atoms with van der Waals surface area (Å²) in [5, 5.41) is 20.3. The molecule has 64 valence electrons. The highest BCUT2D eigenvalue weighted by molar-refractivity contribution is 6.00. The number of aliphatic hydroxyl groups excluding tert-OH is 1. The smallest absolute Gasteiger partial charge is 0.0890 e. The maximum absolute atomic E-state index is 8.64. The Morgan fingerprint density at radius 1 is 1.25 bits per heavy atom. The maximum atomic E-state index is 8.64. The summed E-state index contributed by atoms with van der Waals surface area (Å²) in [4.78, 5) is 0. The average molecular weight is 165 g/mol. The first-order valence-corrected chi connectivity index (χ1v) is 3.75. The van der Waals surface area contributed by atoms with E-state index in [1.165, 1.54) is 0 Å². The molecule has 0 aliphatic heterocycles. The van der Waals surface area contributed by atoms with Crippen LogP contribution in [0.1, 0.15) is 12.0 Å². The Bertz CT molecular complexity index is 256. The van der Waals surface area contributed by atoms with Crippen LogP contribution in [0.5, 0.6) is 0 Å². The van der Waals surface area contributed by atoms with Gasteiger partial charge in [0.15, 0.2) is 0 Å². The van der Waals surface area contributed by atoms with Crippen LogP contribution < -0.4 is 0 Å². The fourth-order valence-corrected chi connectivity index (χ4v) is 0.989. The molecule has 0 aliphatic rings. The third-order valence-electron chi connectivity index (χ3n) is 1.58. The number of rotatable bonds is 3. The van der Waals surface area contributed by atoms with Crippen LogP contribution in [-0.2, 0) is 0 Å². The van der Waals surface area contributed by atoms with Crippen molar-refractivity contribution in [2.75, 3.05) is 6.61 Å². The largest absolute Gasteiger partial charge is 0.411 e. The Labute approximate surface area is 71.0 Å². The van der Waals surface area contributed by atoms with Crippen molar-refractivity contribution in [3.63, 3.8) is 0 Å². The van der Waals surface area contributed by atoms with E-state index in [4.69, 9.17) is 10.3 Å². The van der Waals surface area contributed by atoms with E-state index >= 15 is 0 Å². The van der Waals surface area contributed by atoms with Gasteiger partial charge in [0.05, 0.1) is 5.71 Å². The van der Waals surface area contributed by atoms with Crippen LogP contribution in [0.2, 0.25) is 0 Å². The summed E-state index contributed by atoms with van der Waals surface area (Å²) in [5.74, 6) is 0. The first kappa shape index (κ1) is 8.74. The molecule has 0 unspecified atom stereocenters. The quantitative estimate of drug-likeness (QED) is 0.402. The summed E-state index contributed by atoms with van der Waals surface area (Å²) in [6, 6.07) is 9.28. The molecule has 0 saturated heterocycles. The van der Waals surface area contributed by atoms with E-state index in [9.17, 15) is 0 Å². The lowest BCUT2D eigenvalue weighted by atomic mass is 10.1. The molecule has 0 amide bonds. The minimum atomic E-state index is -0.00567. The van der Waals surface area contributed by atoms with Gasteiger partial charge < -0.3 is 10.3 Å². The first-order chi connectivity index (χ1) is 5.88. The standard InChI is InChI=1S/C9H11NO2/c11-7-6-9(10-12)8-4-2-1-3-5-8/h1-5,11-12H,6-7H2/b10-9+. The summed E-state index contributed by atoms with van der Waals surface area (Å²) in [6.07, 6.45) is 0.376. The topological polar surface area (TPSA) is 52.8 Å². The molecule has 3 nitrogen and oxygen atoms in total. The second kappa shape index (κ2) is 4.51. The predicted molar refractivity (Wildman–Crippen MR) is 46.5 cm³/mol. The molecule has 3 heteroatoms. The number of nitrogens with zero attached hydrogens (tertiary/aromatic N) is 1. The van der Waals surface area contributed by atoms with E-state index in [1.807, 2.05) is 30.3 Å². The van der Waals surface area contributed by atoms with Crippen LogP contribution in [0.3, 0.4) is 0 Å². The number of oxime groups is 1. The van der Waals surface area contributed by atoms with Gasteiger partial charge in [-0.15, -0.1) is 0 Å². The van der Waals surface area contributed by atoms with Crippen molar-refractivity contribution >= 4 is 5.71 Å². The van der Waals surface area contributed by atoms with Gasteiger partial charge in [-0.2, -0.15) is 0 Å². The summed E-state index contributed by atoms with van der Waals surface area (Å²) in [7, 11) is 0. The highest BCUT2D eigenvalue weighted by atomic mass is 16.4. The zero-order chi connectivity index (χ0) is 8.81. The maximum Gasteiger partial charge on any atom is 0.0890 e. The predicted octanol–water partition coefficient (Wildman–Crippen LogP) is 1.25. The molecule has 0 atom stereocenters. The summed E-state index contributed by atoms with van der Waals surface area (Å²) < 4.78 is 0. The van der Waals surface area contributed by atoms with Crippen LogP contribution in [0.25, 0.3) is 0 Å². The Hall–Kier alpha value is -1.35. The van der Waals surface area contributed by atoms with Crippen molar-refractivity contribution in [3.8, 4) is 0 Å². The second-order valence-electron chi connectivity index (χ2n) is 2.39. The van der Waals surface area contributed by atoms with Crippen LogP contribution in [0, 0.1) is 0 Å². The third kappa shape index (κ3) is 2.07. The van der Waals surface area contributed by atoms with E-state index in [-0.39, 0.29) is 6.61 Å². The molecular weight excluding hydrogens is 154 g/mol. The van der Waals surface area contributed by atoms with Crippen molar-refractivity contribution in [2.45, 2.75) is 6.42 Å². The molecular formula is C9H11NO2. The van der Waals surface area contributed by atoms with Gasteiger partial charge in [-0.3, -0.25) is 0 Å². The van der Waals surface area contributed by atoms with Crippen LogP contribution >= 0.6 is 0 Å². The molecule has 12 heavy (non-hydrogen) atoms. The Morgan fingerprint density at radius 3 is 2.42 bits per heavy atom.